The van der Waals surface area contributed by atoms with Gasteiger partial charge in [-0.25, -0.2) is 4.79 Å². The molecule has 0 spiro atoms. The fraction of sp³-hybridized carbons (Fsp3) is 0.562. The van der Waals surface area contributed by atoms with Gasteiger partial charge in [-0.05, 0) is 19.1 Å². The largest absolute Gasteiger partial charge is 0.430 e. The Morgan fingerprint density at radius 3 is 2.04 bits per heavy atom. The minimum atomic E-state index is -5.99. The van der Waals surface area contributed by atoms with Crippen LogP contribution in [0.25, 0.3) is 0 Å². The van der Waals surface area contributed by atoms with Crippen molar-refractivity contribution in [1.29, 1.82) is 0 Å². The molecule has 2 rings (SSSR count). The minimum absolute atomic E-state index is 0.000462. The molecule has 0 aromatic heterocycles. The van der Waals surface area contributed by atoms with Gasteiger partial charge >= 0.3 is 18.4 Å². The first-order chi connectivity index (χ1) is 12.9. The normalized spacial score (nSPS) is 16.3. The molecule has 1 aromatic rings. The summed E-state index contributed by atoms with van der Waals surface area (Å²) in [6.07, 6.45) is -12.8. The van der Waals surface area contributed by atoms with Gasteiger partial charge in [0.2, 0.25) is 0 Å². The standard InChI is InChI=1S/C16H18F6N2O4/c1-2-23-13(25)24(9-12-27-7-8-28-12)11-5-3-10(4-6-11)14(26,15(17,18)19)16(20,21)22/h3-6,12,26H,2,7-9H2,1H3,(H,23,25). The summed E-state index contributed by atoms with van der Waals surface area (Å²) in [5, 5.41) is 11.9. The summed E-state index contributed by atoms with van der Waals surface area (Å²) in [4.78, 5) is 13.3. The molecule has 0 saturated carbocycles. The third kappa shape index (κ3) is 4.33. The van der Waals surface area contributed by atoms with Crippen LogP contribution >= 0.6 is 0 Å². The number of anilines is 1. The lowest BCUT2D eigenvalue weighted by Crippen LogP contribution is -2.53. The monoisotopic (exact) mass is 416 g/mol. The van der Waals surface area contributed by atoms with Crippen LogP contribution in [0.3, 0.4) is 0 Å². The van der Waals surface area contributed by atoms with E-state index in [1.165, 1.54) is 0 Å². The summed E-state index contributed by atoms with van der Waals surface area (Å²) in [6, 6.07) is 2.05. The van der Waals surface area contributed by atoms with Crippen LogP contribution in [0.15, 0.2) is 24.3 Å². The van der Waals surface area contributed by atoms with Crippen molar-refractivity contribution >= 4 is 11.7 Å². The second-order valence-corrected chi connectivity index (χ2v) is 5.87. The lowest BCUT2D eigenvalue weighted by atomic mass is 9.92. The van der Waals surface area contributed by atoms with Crippen molar-refractivity contribution in [1.82, 2.24) is 5.32 Å². The number of halogens is 6. The van der Waals surface area contributed by atoms with Gasteiger partial charge < -0.3 is 19.9 Å². The Balaban J connectivity index is 2.36. The molecule has 0 bridgehead atoms. The van der Waals surface area contributed by atoms with Gasteiger partial charge in [-0.1, -0.05) is 12.1 Å². The van der Waals surface area contributed by atoms with Crippen molar-refractivity contribution in [2.45, 2.75) is 31.2 Å². The van der Waals surface area contributed by atoms with Crippen molar-refractivity contribution in [3.8, 4) is 0 Å². The predicted octanol–water partition coefficient (Wildman–Crippen LogP) is 2.91. The molecule has 0 radical (unpaired) electrons. The number of nitrogens with zero attached hydrogens (tertiary/aromatic N) is 1. The molecule has 0 aliphatic carbocycles. The predicted molar refractivity (Wildman–Crippen MR) is 84.6 cm³/mol. The highest BCUT2D eigenvalue weighted by atomic mass is 19.4. The van der Waals surface area contributed by atoms with Crippen molar-refractivity contribution < 1.29 is 45.7 Å². The molecule has 6 nitrogen and oxygen atoms in total. The average molecular weight is 416 g/mol. The number of amides is 2. The maximum Gasteiger partial charge on any atom is 0.430 e. The summed E-state index contributed by atoms with van der Waals surface area (Å²) in [6.45, 7) is 2.32. The van der Waals surface area contributed by atoms with Gasteiger partial charge in [0, 0.05) is 17.8 Å². The number of urea groups is 1. The molecule has 12 heteroatoms. The zero-order chi connectivity index (χ0) is 21.2. The number of aliphatic hydroxyl groups is 1. The van der Waals surface area contributed by atoms with Crippen LogP contribution < -0.4 is 10.2 Å². The van der Waals surface area contributed by atoms with Crippen LogP contribution in [0, 0.1) is 0 Å². The van der Waals surface area contributed by atoms with Gasteiger partial charge in [-0.15, -0.1) is 0 Å². The van der Waals surface area contributed by atoms with Crippen LogP contribution in [-0.4, -0.2) is 56.1 Å². The van der Waals surface area contributed by atoms with Gasteiger partial charge in [-0.2, -0.15) is 26.3 Å². The number of ether oxygens (including phenoxy) is 2. The van der Waals surface area contributed by atoms with Crippen LogP contribution in [-0.2, 0) is 15.1 Å². The number of hydrogen-bond donors (Lipinski definition) is 2. The Kier molecular flexibility index (Phi) is 6.46. The van der Waals surface area contributed by atoms with E-state index in [0.717, 1.165) is 17.0 Å². The molecule has 1 heterocycles. The number of benzene rings is 1. The number of nitrogens with one attached hydrogen (secondary N) is 1. The first kappa shape index (κ1) is 22.2. The van der Waals surface area contributed by atoms with E-state index in [-0.39, 0.29) is 32.0 Å². The number of rotatable bonds is 5. The van der Waals surface area contributed by atoms with E-state index < -0.39 is 35.8 Å². The van der Waals surface area contributed by atoms with E-state index in [1.54, 1.807) is 6.92 Å². The maximum absolute atomic E-state index is 13.0. The smallest absolute Gasteiger partial charge is 0.369 e. The Bertz CT molecular complexity index is 657. The van der Waals surface area contributed by atoms with Gasteiger partial charge in [-0.3, -0.25) is 4.90 Å². The molecule has 0 atom stereocenters. The third-order valence-electron chi connectivity index (χ3n) is 4.01. The molecule has 1 aliphatic heterocycles. The summed E-state index contributed by atoms with van der Waals surface area (Å²) >= 11 is 0. The molecule has 1 fully saturated rings. The van der Waals surface area contributed by atoms with E-state index >= 15 is 0 Å². The molecule has 158 valence electrons. The zero-order valence-corrected chi connectivity index (χ0v) is 14.6. The van der Waals surface area contributed by atoms with Crippen LogP contribution in [0.1, 0.15) is 12.5 Å². The fourth-order valence-corrected chi connectivity index (χ4v) is 2.58. The molecular weight excluding hydrogens is 398 g/mol. The number of carbonyl (C=O) groups excluding carboxylic acids is 1. The molecule has 2 N–H and O–H groups in total. The van der Waals surface area contributed by atoms with E-state index in [1.807, 2.05) is 0 Å². The quantitative estimate of drug-likeness (QED) is 0.725. The number of hydrogen-bond acceptors (Lipinski definition) is 4. The second kappa shape index (κ2) is 8.13. The van der Waals surface area contributed by atoms with E-state index in [4.69, 9.17) is 9.47 Å². The SMILES string of the molecule is CCNC(=O)N(CC1OCCO1)c1ccc(C(O)(C(F)(F)F)C(F)(F)F)cc1. The van der Waals surface area contributed by atoms with E-state index in [0.29, 0.717) is 12.1 Å². The fourth-order valence-electron chi connectivity index (χ4n) is 2.58. The van der Waals surface area contributed by atoms with Crippen LogP contribution in [0.4, 0.5) is 36.8 Å². The number of alkyl halides is 6. The maximum atomic E-state index is 13.0. The molecule has 1 aliphatic rings. The van der Waals surface area contributed by atoms with Crippen LogP contribution in [0.5, 0.6) is 0 Å². The summed E-state index contributed by atoms with van der Waals surface area (Å²) < 4.78 is 88.2. The highest BCUT2D eigenvalue weighted by molar-refractivity contribution is 5.92. The second-order valence-electron chi connectivity index (χ2n) is 5.87. The van der Waals surface area contributed by atoms with Crippen molar-refractivity contribution in [2.75, 3.05) is 31.2 Å². The topological polar surface area (TPSA) is 71.0 Å². The lowest BCUT2D eigenvalue weighted by Gasteiger charge is -2.33. The van der Waals surface area contributed by atoms with Gasteiger partial charge in [0.05, 0.1) is 19.8 Å². The van der Waals surface area contributed by atoms with Gasteiger partial charge in [0.25, 0.3) is 5.60 Å². The first-order valence-corrected chi connectivity index (χ1v) is 8.16. The zero-order valence-electron chi connectivity index (χ0n) is 14.6. The minimum Gasteiger partial charge on any atom is -0.369 e. The Morgan fingerprint density at radius 2 is 1.61 bits per heavy atom. The van der Waals surface area contributed by atoms with E-state index in [2.05, 4.69) is 5.32 Å². The summed E-state index contributed by atoms with van der Waals surface area (Å²) in [5.74, 6) is 0. The Morgan fingerprint density at radius 1 is 1.11 bits per heavy atom. The number of carbonyl (C=O) groups is 1. The lowest BCUT2D eigenvalue weighted by molar-refractivity contribution is -0.376. The van der Waals surface area contributed by atoms with Crippen molar-refractivity contribution in [2.24, 2.45) is 0 Å². The molecule has 2 amide bonds. The summed E-state index contributed by atoms with van der Waals surface area (Å²) in [7, 11) is 0. The first-order valence-electron chi connectivity index (χ1n) is 8.16. The van der Waals surface area contributed by atoms with Crippen molar-refractivity contribution in [3.05, 3.63) is 29.8 Å². The Hall–Kier alpha value is -2.05. The molecule has 28 heavy (non-hydrogen) atoms. The Labute approximate surface area is 156 Å². The van der Waals surface area contributed by atoms with Crippen molar-refractivity contribution in [3.63, 3.8) is 0 Å². The third-order valence-corrected chi connectivity index (χ3v) is 4.01. The molecule has 1 aromatic carbocycles. The van der Waals surface area contributed by atoms with Gasteiger partial charge in [0.15, 0.2) is 6.29 Å². The average Bonchev–Trinajstić information content (AvgIpc) is 3.10. The van der Waals surface area contributed by atoms with Gasteiger partial charge in [0.1, 0.15) is 0 Å². The molecular formula is C16H18F6N2O4. The highest BCUT2D eigenvalue weighted by Crippen LogP contribution is 2.50. The van der Waals surface area contributed by atoms with Crippen LogP contribution in [0.2, 0.25) is 0 Å². The van der Waals surface area contributed by atoms with E-state index in [9.17, 15) is 36.2 Å². The molecule has 0 unspecified atom stereocenters. The summed E-state index contributed by atoms with van der Waals surface area (Å²) in [5.41, 5.74) is -6.45. The highest BCUT2D eigenvalue weighted by Gasteiger charge is 2.71. The molecule has 1 saturated heterocycles.